The number of nitrogens with zero attached hydrogens (tertiary/aromatic N) is 3. The second-order valence-electron chi connectivity index (χ2n) is 4.92. The minimum Gasteiger partial charge on any atom is -0.481 e. The second-order valence-corrected chi connectivity index (χ2v) is 4.92. The molecule has 0 aliphatic carbocycles. The number of aromatic nitrogens is 3. The first kappa shape index (κ1) is 14.5. The molecule has 0 amide bonds. The molecule has 114 valence electrons. The molecule has 3 rings (SSSR count). The largest absolute Gasteiger partial charge is 0.481 e. The topological polar surface area (TPSA) is 70.3 Å². The van der Waals surface area contributed by atoms with E-state index in [1.165, 1.54) is 0 Å². The van der Waals surface area contributed by atoms with Crippen LogP contribution in [0.1, 0.15) is 17.4 Å². The highest BCUT2D eigenvalue weighted by atomic mass is 16.5. The SMILES string of the molecule is COCCc1noc(COc2cccc3ccc(C)nc23)n1. The number of aryl methyl sites for hydroxylation is 1. The van der Waals surface area contributed by atoms with Gasteiger partial charge >= 0.3 is 0 Å². The summed E-state index contributed by atoms with van der Waals surface area (Å²) in [5.74, 6) is 1.76. The third kappa shape index (κ3) is 3.23. The molecule has 0 radical (unpaired) electrons. The molecular formula is C16H17N3O3. The third-order valence-corrected chi connectivity index (χ3v) is 3.21. The standard InChI is InChI=1S/C16H17N3O3/c1-11-6-7-12-4-3-5-13(16(12)17-11)21-10-15-18-14(19-22-15)8-9-20-2/h3-7H,8-10H2,1-2H3. The van der Waals surface area contributed by atoms with E-state index in [0.29, 0.717) is 30.5 Å². The number of methoxy groups -OCH3 is 1. The molecule has 6 nitrogen and oxygen atoms in total. The van der Waals surface area contributed by atoms with Gasteiger partial charge in [0, 0.05) is 24.6 Å². The monoisotopic (exact) mass is 299 g/mol. The molecule has 3 aromatic rings. The van der Waals surface area contributed by atoms with Crippen LogP contribution in [0.5, 0.6) is 5.75 Å². The summed E-state index contributed by atoms with van der Waals surface area (Å²) < 4.78 is 15.9. The van der Waals surface area contributed by atoms with Crippen molar-refractivity contribution in [3.8, 4) is 5.75 Å². The summed E-state index contributed by atoms with van der Waals surface area (Å²) in [4.78, 5) is 8.78. The van der Waals surface area contributed by atoms with E-state index in [2.05, 4.69) is 15.1 Å². The molecular weight excluding hydrogens is 282 g/mol. The molecule has 22 heavy (non-hydrogen) atoms. The first-order valence-electron chi connectivity index (χ1n) is 7.06. The maximum Gasteiger partial charge on any atom is 0.264 e. The minimum atomic E-state index is 0.217. The van der Waals surface area contributed by atoms with E-state index < -0.39 is 0 Å². The number of para-hydroxylation sites is 1. The predicted octanol–water partition coefficient (Wildman–Crippen LogP) is 2.69. The van der Waals surface area contributed by atoms with Gasteiger partial charge in [-0.1, -0.05) is 23.4 Å². The van der Waals surface area contributed by atoms with Crippen LogP contribution in [0.3, 0.4) is 0 Å². The zero-order valence-corrected chi connectivity index (χ0v) is 12.6. The summed E-state index contributed by atoms with van der Waals surface area (Å²) in [5.41, 5.74) is 1.78. The van der Waals surface area contributed by atoms with Gasteiger partial charge in [-0.2, -0.15) is 4.98 Å². The van der Waals surface area contributed by atoms with E-state index in [4.69, 9.17) is 14.0 Å². The number of rotatable bonds is 6. The van der Waals surface area contributed by atoms with E-state index in [1.807, 2.05) is 37.3 Å². The lowest BCUT2D eigenvalue weighted by Gasteiger charge is -2.07. The minimum absolute atomic E-state index is 0.217. The molecule has 0 spiro atoms. The number of fused-ring (bicyclic) bond motifs is 1. The van der Waals surface area contributed by atoms with Crippen molar-refractivity contribution >= 4 is 10.9 Å². The lowest BCUT2D eigenvalue weighted by Crippen LogP contribution is -1.99. The highest BCUT2D eigenvalue weighted by molar-refractivity contribution is 5.84. The summed E-state index contributed by atoms with van der Waals surface area (Å²) in [6, 6.07) is 9.83. The summed E-state index contributed by atoms with van der Waals surface area (Å²) in [7, 11) is 1.64. The highest BCUT2D eigenvalue weighted by Crippen LogP contribution is 2.24. The number of hydrogen-bond acceptors (Lipinski definition) is 6. The Morgan fingerprint density at radius 3 is 2.91 bits per heavy atom. The van der Waals surface area contributed by atoms with Crippen LogP contribution in [0.15, 0.2) is 34.9 Å². The molecule has 0 saturated heterocycles. The highest BCUT2D eigenvalue weighted by Gasteiger charge is 2.09. The normalized spacial score (nSPS) is 11.0. The number of hydrogen-bond donors (Lipinski definition) is 0. The van der Waals surface area contributed by atoms with Crippen molar-refractivity contribution in [3.63, 3.8) is 0 Å². The zero-order chi connectivity index (χ0) is 15.4. The van der Waals surface area contributed by atoms with Crippen LogP contribution in [0.2, 0.25) is 0 Å². The summed E-state index contributed by atoms with van der Waals surface area (Å²) in [6.45, 7) is 2.73. The van der Waals surface area contributed by atoms with Gasteiger partial charge in [-0.15, -0.1) is 0 Å². The van der Waals surface area contributed by atoms with E-state index in [0.717, 1.165) is 16.6 Å². The van der Waals surface area contributed by atoms with Gasteiger partial charge < -0.3 is 14.0 Å². The average molecular weight is 299 g/mol. The van der Waals surface area contributed by atoms with Crippen molar-refractivity contribution < 1.29 is 14.0 Å². The van der Waals surface area contributed by atoms with Gasteiger partial charge in [0.25, 0.3) is 5.89 Å². The molecule has 1 aromatic carbocycles. The van der Waals surface area contributed by atoms with Crippen molar-refractivity contribution in [2.24, 2.45) is 0 Å². The molecule has 0 atom stereocenters. The Hall–Kier alpha value is -2.47. The van der Waals surface area contributed by atoms with Crippen molar-refractivity contribution in [3.05, 3.63) is 47.7 Å². The van der Waals surface area contributed by atoms with Gasteiger partial charge in [0.05, 0.1) is 6.61 Å². The number of pyridine rings is 1. The van der Waals surface area contributed by atoms with Crippen LogP contribution in [-0.4, -0.2) is 28.8 Å². The fourth-order valence-corrected chi connectivity index (χ4v) is 2.12. The van der Waals surface area contributed by atoms with E-state index in [9.17, 15) is 0 Å². The van der Waals surface area contributed by atoms with Crippen molar-refractivity contribution in [2.45, 2.75) is 20.0 Å². The lowest BCUT2D eigenvalue weighted by molar-refractivity contribution is 0.199. The smallest absolute Gasteiger partial charge is 0.264 e. The maximum absolute atomic E-state index is 5.79. The van der Waals surface area contributed by atoms with Gasteiger partial charge in [-0.25, -0.2) is 4.98 Å². The molecule has 0 bridgehead atoms. The van der Waals surface area contributed by atoms with Crippen LogP contribution in [-0.2, 0) is 17.8 Å². The molecule has 0 saturated carbocycles. The van der Waals surface area contributed by atoms with Crippen LogP contribution < -0.4 is 4.74 Å². The molecule has 0 aliphatic rings. The van der Waals surface area contributed by atoms with Crippen molar-refractivity contribution in [1.82, 2.24) is 15.1 Å². The van der Waals surface area contributed by atoms with Crippen LogP contribution in [0, 0.1) is 6.92 Å². The Kier molecular flexibility index (Phi) is 4.29. The second kappa shape index (κ2) is 6.53. The fourth-order valence-electron chi connectivity index (χ4n) is 2.12. The van der Waals surface area contributed by atoms with E-state index in [1.54, 1.807) is 7.11 Å². The van der Waals surface area contributed by atoms with Crippen molar-refractivity contribution in [2.75, 3.05) is 13.7 Å². The number of ether oxygens (including phenoxy) is 2. The molecule has 2 aromatic heterocycles. The summed E-state index contributed by atoms with van der Waals surface area (Å²) >= 11 is 0. The maximum atomic E-state index is 5.79. The summed E-state index contributed by atoms with van der Waals surface area (Å²) in [6.07, 6.45) is 0.620. The summed E-state index contributed by atoms with van der Waals surface area (Å²) in [5, 5.41) is 4.92. The average Bonchev–Trinajstić information content (AvgIpc) is 2.98. The Balaban J connectivity index is 1.73. The Labute approximate surface area is 128 Å². The van der Waals surface area contributed by atoms with Crippen LogP contribution in [0.25, 0.3) is 10.9 Å². The number of benzene rings is 1. The Morgan fingerprint density at radius 1 is 1.14 bits per heavy atom. The van der Waals surface area contributed by atoms with Crippen LogP contribution >= 0.6 is 0 Å². The molecule has 0 unspecified atom stereocenters. The predicted molar refractivity (Wildman–Crippen MR) is 80.7 cm³/mol. The molecule has 0 N–H and O–H groups in total. The Bertz CT molecular complexity index is 770. The van der Waals surface area contributed by atoms with E-state index >= 15 is 0 Å². The quantitative estimate of drug-likeness (QED) is 0.697. The Morgan fingerprint density at radius 2 is 2.05 bits per heavy atom. The molecule has 0 aliphatic heterocycles. The van der Waals surface area contributed by atoms with Gasteiger partial charge in [0.15, 0.2) is 12.4 Å². The third-order valence-electron chi connectivity index (χ3n) is 3.21. The molecule has 2 heterocycles. The van der Waals surface area contributed by atoms with Crippen molar-refractivity contribution in [1.29, 1.82) is 0 Å². The van der Waals surface area contributed by atoms with Gasteiger partial charge in [-0.05, 0) is 19.1 Å². The molecule has 6 heteroatoms. The van der Waals surface area contributed by atoms with E-state index in [-0.39, 0.29) is 6.61 Å². The lowest BCUT2D eigenvalue weighted by atomic mass is 10.2. The van der Waals surface area contributed by atoms with Crippen LogP contribution in [0.4, 0.5) is 0 Å². The first-order chi connectivity index (χ1) is 10.8. The van der Waals surface area contributed by atoms with Gasteiger partial charge in [0.1, 0.15) is 11.3 Å². The van der Waals surface area contributed by atoms with Gasteiger partial charge in [0.2, 0.25) is 0 Å². The first-order valence-corrected chi connectivity index (χ1v) is 7.06. The van der Waals surface area contributed by atoms with Gasteiger partial charge in [-0.3, -0.25) is 0 Å². The zero-order valence-electron chi connectivity index (χ0n) is 12.6. The molecule has 0 fully saturated rings. The fraction of sp³-hybridized carbons (Fsp3) is 0.312.